The zero-order valence-electron chi connectivity index (χ0n) is 14.7. The molecule has 0 spiro atoms. The molecule has 1 aliphatic rings. The average Bonchev–Trinajstić information content (AvgIpc) is 3.12. The smallest absolute Gasteiger partial charge is 0.223 e. The van der Waals surface area contributed by atoms with Crippen molar-refractivity contribution in [1.29, 1.82) is 0 Å². The van der Waals surface area contributed by atoms with Gasteiger partial charge in [0.25, 0.3) is 0 Å². The van der Waals surface area contributed by atoms with E-state index in [0.717, 1.165) is 36.5 Å². The maximum absolute atomic E-state index is 12.5. The lowest BCUT2D eigenvalue weighted by atomic mass is 10.1. The first-order valence-corrected chi connectivity index (χ1v) is 8.53. The van der Waals surface area contributed by atoms with Crippen LogP contribution in [0.2, 0.25) is 0 Å². The minimum absolute atomic E-state index is 0.0956. The van der Waals surface area contributed by atoms with Gasteiger partial charge in [-0.15, -0.1) is 0 Å². The number of carbonyl (C=O) groups is 1. The summed E-state index contributed by atoms with van der Waals surface area (Å²) < 4.78 is 7.84. The van der Waals surface area contributed by atoms with Crippen LogP contribution < -0.4 is 4.74 Å². The number of para-hydroxylation sites is 1. The molecule has 2 heterocycles. The summed E-state index contributed by atoms with van der Waals surface area (Å²) in [5, 5.41) is 4.42. The van der Waals surface area contributed by atoms with Crippen molar-refractivity contribution in [2.45, 2.75) is 39.2 Å². The SMILES string of the molecule is Cc1nn(C)c(C)c1CCC(=O)N1CCC(Oc2ccccc2)C1. The monoisotopic (exact) mass is 327 g/mol. The van der Waals surface area contributed by atoms with Gasteiger partial charge in [0.05, 0.1) is 12.2 Å². The number of hydrogen-bond acceptors (Lipinski definition) is 3. The Kier molecular flexibility index (Phi) is 4.88. The van der Waals surface area contributed by atoms with E-state index in [0.29, 0.717) is 13.0 Å². The summed E-state index contributed by atoms with van der Waals surface area (Å²) in [6.45, 7) is 5.52. The van der Waals surface area contributed by atoms with Gasteiger partial charge >= 0.3 is 0 Å². The fraction of sp³-hybridized carbons (Fsp3) is 0.474. The lowest BCUT2D eigenvalue weighted by Gasteiger charge is -2.17. The number of hydrogen-bond donors (Lipinski definition) is 0. The summed E-state index contributed by atoms with van der Waals surface area (Å²) in [4.78, 5) is 14.4. The second-order valence-electron chi connectivity index (χ2n) is 6.45. The summed E-state index contributed by atoms with van der Waals surface area (Å²) in [6, 6.07) is 9.81. The first kappa shape index (κ1) is 16.6. The van der Waals surface area contributed by atoms with Crippen LogP contribution in [-0.2, 0) is 18.3 Å². The average molecular weight is 327 g/mol. The van der Waals surface area contributed by atoms with Crippen molar-refractivity contribution in [2.75, 3.05) is 13.1 Å². The Morgan fingerprint density at radius 2 is 2.04 bits per heavy atom. The quantitative estimate of drug-likeness (QED) is 0.848. The van der Waals surface area contributed by atoms with Crippen molar-refractivity contribution in [3.05, 3.63) is 47.3 Å². The van der Waals surface area contributed by atoms with E-state index in [4.69, 9.17) is 4.74 Å². The van der Waals surface area contributed by atoms with Gasteiger partial charge in [-0.3, -0.25) is 9.48 Å². The first-order chi connectivity index (χ1) is 11.5. The van der Waals surface area contributed by atoms with Crippen molar-refractivity contribution in [3.8, 4) is 5.75 Å². The van der Waals surface area contributed by atoms with Gasteiger partial charge in [-0.25, -0.2) is 0 Å². The number of likely N-dealkylation sites (tertiary alicyclic amines) is 1. The van der Waals surface area contributed by atoms with E-state index in [-0.39, 0.29) is 12.0 Å². The molecule has 5 nitrogen and oxygen atoms in total. The van der Waals surface area contributed by atoms with Gasteiger partial charge in [-0.05, 0) is 38.0 Å². The van der Waals surface area contributed by atoms with Crippen LogP contribution in [0.15, 0.2) is 30.3 Å². The number of ether oxygens (including phenoxy) is 1. The van der Waals surface area contributed by atoms with E-state index in [9.17, 15) is 4.79 Å². The topological polar surface area (TPSA) is 47.4 Å². The molecule has 1 atom stereocenters. The second kappa shape index (κ2) is 7.07. The number of aromatic nitrogens is 2. The minimum atomic E-state index is 0.0956. The van der Waals surface area contributed by atoms with Gasteiger partial charge in [0.1, 0.15) is 11.9 Å². The van der Waals surface area contributed by atoms with Crippen LogP contribution in [0.1, 0.15) is 29.8 Å². The molecule has 0 aliphatic carbocycles. The number of carbonyl (C=O) groups excluding carboxylic acids is 1. The molecule has 24 heavy (non-hydrogen) atoms. The third kappa shape index (κ3) is 3.61. The number of aryl methyl sites for hydroxylation is 2. The Balaban J connectivity index is 1.51. The molecular formula is C19H25N3O2. The van der Waals surface area contributed by atoms with Gasteiger partial charge < -0.3 is 9.64 Å². The molecule has 1 aromatic carbocycles. The largest absolute Gasteiger partial charge is 0.489 e. The van der Waals surface area contributed by atoms with Crippen molar-refractivity contribution in [1.82, 2.24) is 14.7 Å². The second-order valence-corrected chi connectivity index (χ2v) is 6.45. The van der Waals surface area contributed by atoms with E-state index in [1.807, 2.05) is 53.9 Å². The summed E-state index contributed by atoms with van der Waals surface area (Å²) in [5.41, 5.74) is 3.36. The fourth-order valence-corrected chi connectivity index (χ4v) is 3.31. The third-order valence-electron chi connectivity index (χ3n) is 4.79. The highest BCUT2D eigenvalue weighted by atomic mass is 16.5. The third-order valence-corrected chi connectivity index (χ3v) is 4.79. The van der Waals surface area contributed by atoms with Crippen molar-refractivity contribution in [2.24, 2.45) is 7.05 Å². The fourth-order valence-electron chi connectivity index (χ4n) is 3.31. The molecule has 3 rings (SSSR count). The van der Waals surface area contributed by atoms with E-state index >= 15 is 0 Å². The number of rotatable bonds is 5. The molecule has 1 aliphatic heterocycles. The predicted octanol–water partition coefficient (Wildman–Crippen LogP) is 2.65. The van der Waals surface area contributed by atoms with Crippen molar-refractivity contribution in [3.63, 3.8) is 0 Å². The normalized spacial score (nSPS) is 17.3. The van der Waals surface area contributed by atoms with Gasteiger partial charge in [-0.2, -0.15) is 5.10 Å². The molecule has 1 unspecified atom stereocenters. The summed E-state index contributed by atoms with van der Waals surface area (Å²) in [7, 11) is 1.94. The summed E-state index contributed by atoms with van der Waals surface area (Å²) in [6.07, 6.45) is 2.28. The van der Waals surface area contributed by atoms with Crippen LogP contribution in [0.5, 0.6) is 5.75 Å². The van der Waals surface area contributed by atoms with Crippen molar-refractivity contribution < 1.29 is 9.53 Å². The maximum atomic E-state index is 12.5. The molecule has 0 saturated carbocycles. The Morgan fingerprint density at radius 1 is 1.29 bits per heavy atom. The highest BCUT2D eigenvalue weighted by Crippen LogP contribution is 2.20. The number of amides is 1. The number of benzene rings is 1. The van der Waals surface area contributed by atoms with Gasteiger partial charge in [0.15, 0.2) is 0 Å². The summed E-state index contributed by atoms with van der Waals surface area (Å²) >= 11 is 0. The van der Waals surface area contributed by atoms with Crippen LogP contribution in [0.3, 0.4) is 0 Å². The first-order valence-electron chi connectivity index (χ1n) is 8.53. The van der Waals surface area contributed by atoms with Crippen LogP contribution in [0, 0.1) is 13.8 Å². The highest BCUT2D eigenvalue weighted by Gasteiger charge is 2.27. The van der Waals surface area contributed by atoms with E-state index in [1.54, 1.807) is 0 Å². The van der Waals surface area contributed by atoms with E-state index in [2.05, 4.69) is 12.0 Å². The minimum Gasteiger partial charge on any atom is -0.489 e. The molecule has 1 aromatic heterocycles. The Bertz CT molecular complexity index is 709. The molecular weight excluding hydrogens is 302 g/mol. The van der Waals surface area contributed by atoms with Crippen LogP contribution >= 0.6 is 0 Å². The predicted molar refractivity (Wildman–Crippen MR) is 93.1 cm³/mol. The lowest BCUT2D eigenvalue weighted by Crippen LogP contribution is -2.31. The van der Waals surface area contributed by atoms with Crippen LogP contribution in [0.25, 0.3) is 0 Å². The molecule has 1 saturated heterocycles. The molecule has 0 radical (unpaired) electrons. The molecule has 1 amide bonds. The standard InChI is InChI=1S/C19H25N3O2/c1-14-18(15(2)21(3)20-14)9-10-19(23)22-12-11-17(13-22)24-16-7-5-4-6-8-16/h4-8,17H,9-13H2,1-3H3. The lowest BCUT2D eigenvalue weighted by molar-refractivity contribution is -0.130. The van der Waals surface area contributed by atoms with Crippen molar-refractivity contribution >= 4 is 5.91 Å². The molecule has 2 aromatic rings. The molecule has 128 valence electrons. The Hall–Kier alpha value is -2.30. The van der Waals surface area contributed by atoms with E-state index in [1.165, 1.54) is 5.56 Å². The van der Waals surface area contributed by atoms with Gasteiger partial charge in [-0.1, -0.05) is 18.2 Å². The Morgan fingerprint density at radius 3 is 2.71 bits per heavy atom. The highest BCUT2D eigenvalue weighted by molar-refractivity contribution is 5.76. The molecule has 0 bridgehead atoms. The Labute approximate surface area is 143 Å². The van der Waals surface area contributed by atoms with Crippen LogP contribution in [0.4, 0.5) is 0 Å². The maximum Gasteiger partial charge on any atom is 0.223 e. The van der Waals surface area contributed by atoms with Gasteiger partial charge in [0.2, 0.25) is 5.91 Å². The zero-order chi connectivity index (χ0) is 17.1. The van der Waals surface area contributed by atoms with Crippen LogP contribution in [-0.4, -0.2) is 39.8 Å². The molecule has 0 N–H and O–H groups in total. The van der Waals surface area contributed by atoms with E-state index < -0.39 is 0 Å². The number of nitrogens with zero attached hydrogens (tertiary/aromatic N) is 3. The molecule has 1 fully saturated rings. The summed E-state index contributed by atoms with van der Waals surface area (Å²) in [5.74, 6) is 1.08. The zero-order valence-corrected chi connectivity index (χ0v) is 14.7. The van der Waals surface area contributed by atoms with Gasteiger partial charge in [0, 0.05) is 32.1 Å². The molecule has 5 heteroatoms.